The number of carbonyl (C=O) groups is 1. The van der Waals surface area contributed by atoms with Crippen molar-refractivity contribution in [1.82, 2.24) is 9.78 Å². The molecule has 1 rings (SSSR count). The zero-order valence-electron chi connectivity index (χ0n) is 12.9. The molecule has 1 aromatic rings. The smallest absolute Gasteiger partial charge is 0.139 e. The van der Waals surface area contributed by atoms with Crippen LogP contribution in [0.25, 0.3) is 0 Å². The molecule has 0 aliphatic carbocycles. The number of halogens is 1. The summed E-state index contributed by atoms with van der Waals surface area (Å²) in [6, 6.07) is 0. The van der Waals surface area contributed by atoms with Crippen molar-refractivity contribution < 1.29 is 4.79 Å². The van der Waals surface area contributed by atoms with Crippen LogP contribution in [0.5, 0.6) is 0 Å². The Labute approximate surface area is 121 Å². The predicted molar refractivity (Wildman–Crippen MR) is 79.5 cm³/mol. The highest BCUT2D eigenvalue weighted by atomic mass is 35.5. The van der Waals surface area contributed by atoms with E-state index in [-0.39, 0.29) is 11.2 Å². The van der Waals surface area contributed by atoms with Crippen LogP contribution in [-0.2, 0) is 18.3 Å². The van der Waals surface area contributed by atoms with Crippen LogP contribution >= 0.6 is 11.6 Å². The molecule has 108 valence electrons. The van der Waals surface area contributed by atoms with Gasteiger partial charge in [-0.1, -0.05) is 39.3 Å². The van der Waals surface area contributed by atoms with Crippen molar-refractivity contribution in [1.29, 1.82) is 0 Å². The Morgan fingerprint density at radius 2 is 2.00 bits per heavy atom. The summed E-state index contributed by atoms with van der Waals surface area (Å²) in [5, 5.41) is 4.86. The van der Waals surface area contributed by atoms with Crippen molar-refractivity contribution in [2.75, 3.05) is 0 Å². The molecule has 0 fully saturated rings. The fraction of sp³-hybridized carbons (Fsp3) is 0.733. The summed E-state index contributed by atoms with van der Waals surface area (Å²) in [6.07, 6.45) is 2.04. The van der Waals surface area contributed by atoms with Gasteiger partial charge < -0.3 is 0 Å². The van der Waals surface area contributed by atoms with Gasteiger partial charge in [0.25, 0.3) is 0 Å². The Hall–Kier alpha value is -0.830. The number of rotatable bonds is 5. The molecule has 0 bridgehead atoms. The quantitative estimate of drug-likeness (QED) is 0.820. The third-order valence-corrected chi connectivity index (χ3v) is 3.65. The molecule has 0 amide bonds. The maximum atomic E-state index is 12.1. The number of hydrogen-bond donors (Lipinski definition) is 0. The van der Waals surface area contributed by atoms with Crippen molar-refractivity contribution in [3.8, 4) is 0 Å². The summed E-state index contributed by atoms with van der Waals surface area (Å²) in [7, 11) is 1.83. The van der Waals surface area contributed by atoms with Crippen molar-refractivity contribution in [2.45, 2.75) is 53.9 Å². The van der Waals surface area contributed by atoms with Gasteiger partial charge in [-0.05, 0) is 24.7 Å². The number of nitrogens with zero attached hydrogens (tertiary/aromatic N) is 2. The van der Waals surface area contributed by atoms with Gasteiger partial charge in [-0.15, -0.1) is 0 Å². The van der Waals surface area contributed by atoms with E-state index in [4.69, 9.17) is 11.6 Å². The number of aryl methyl sites for hydroxylation is 2. The monoisotopic (exact) mass is 284 g/mol. The van der Waals surface area contributed by atoms with E-state index in [1.54, 1.807) is 4.68 Å². The molecule has 1 unspecified atom stereocenters. The summed E-state index contributed by atoms with van der Waals surface area (Å²) in [6.45, 7) is 10.6. The second-order valence-corrected chi connectivity index (χ2v) is 7.14. The van der Waals surface area contributed by atoms with E-state index in [1.807, 2.05) is 14.0 Å². The van der Waals surface area contributed by atoms with Crippen LogP contribution in [0.2, 0.25) is 5.02 Å². The van der Waals surface area contributed by atoms with Crippen LogP contribution in [0.3, 0.4) is 0 Å². The number of hydrogen-bond acceptors (Lipinski definition) is 2. The standard InChI is InChI=1S/C15H25ClN2O/c1-10(9-15(3,4)5)7-12(19)8-13-14(16)11(2)17-18(13)6/h10H,7-9H2,1-6H3. The van der Waals surface area contributed by atoms with E-state index >= 15 is 0 Å². The minimum absolute atomic E-state index is 0.238. The van der Waals surface area contributed by atoms with Crippen molar-refractivity contribution in [3.05, 3.63) is 16.4 Å². The number of aromatic nitrogens is 2. The molecule has 1 atom stereocenters. The van der Waals surface area contributed by atoms with Gasteiger partial charge in [0.15, 0.2) is 0 Å². The van der Waals surface area contributed by atoms with E-state index < -0.39 is 0 Å². The Bertz CT molecular complexity index is 457. The zero-order valence-corrected chi connectivity index (χ0v) is 13.6. The molecule has 4 heteroatoms. The Morgan fingerprint density at radius 3 is 2.42 bits per heavy atom. The molecule has 0 N–H and O–H groups in total. The first kappa shape index (κ1) is 16.2. The summed E-state index contributed by atoms with van der Waals surface area (Å²) in [5.74, 6) is 0.641. The third-order valence-electron chi connectivity index (χ3n) is 3.16. The van der Waals surface area contributed by atoms with E-state index in [0.717, 1.165) is 17.8 Å². The minimum Gasteiger partial charge on any atom is -0.299 e. The molecule has 1 aromatic heterocycles. The van der Waals surface area contributed by atoms with Crippen LogP contribution in [0.15, 0.2) is 0 Å². The van der Waals surface area contributed by atoms with E-state index in [9.17, 15) is 4.79 Å². The molecule has 0 radical (unpaired) electrons. The lowest BCUT2D eigenvalue weighted by Gasteiger charge is -2.22. The van der Waals surface area contributed by atoms with Gasteiger partial charge >= 0.3 is 0 Å². The van der Waals surface area contributed by atoms with Crippen LogP contribution < -0.4 is 0 Å². The number of carbonyl (C=O) groups excluding carboxylic acids is 1. The SMILES string of the molecule is Cc1nn(C)c(CC(=O)CC(C)CC(C)(C)C)c1Cl. The van der Waals surface area contributed by atoms with Gasteiger partial charge in [0.2, 0.25) is 0 Å². The highest BCUT2D eigenvalue weighted by Gasteiger charge is 2.20. The molecule has 19 heavy (non-hydrogen) atoms. The minimum atomic E-state index is 0.238. The maximum Gasteiger partial charge on any atom is 0.139 e. The van der Waals surface area contributed by atoms with Gasteiger partial charge in [-0.2, -0.15) is 5.10 Å². The Balaban J connectivity index is 2.61. The van der Waals surface area contributed by atoms with Gasteiger partial charge in [-0.25, -0.2) is 0 Å². The van der Waals surface area contributed by atoms with Crippen LogP contribution in [0, 0.1) is 18.3 Å². The van der Waals surface area contributed by atoms with Crippen LogP contribution in [0.1, 0.15) is 51.9 Å². The molecule has 0 aliphatic heterocycles. The van der Waals surface area contributed by atoms with Gasteiger partial charge in [0.1, 0.15) is 5.78 Å². The largest absolute Gasteiger partial charge is 0.299 e. The first-order valence-electron chi connectivity index (χ1n) is 6.80. The number of Topliss-reactive ketones (excluding diaryl/α,β-unsaturated/α-hetero) is 1. The predicted octanol–water partition coefficient (Wildman–Crippen LogP) is 3.96. The molecule has 3 nitrogen and oxygen atoms in total. The fourth-order valence-corrected chi connectivity index (χ4v) is 2.86. The average Bonchev–Trinajstić information content (AvgIpc) is 2.42. The van der Waals surface area contributed by atoms with Gasteiger partial charge in [0, 0.05) is 19.9 Å². The van der Waals surface area contributed by atoms with Gasteiger partial charge in [-0.3, -0.25) is 9.48 Å². The van der Waals surface area contributed by atoms with E-state index in [2.05, 4.69) is 32.8 Å². The molecule has 0 aromatic carbocycles. The lowest BCUT2D eigenvalue weighted by atomic mass is 9.83. The molecule has 1 heterocycles. The first-order valence-corrected chi connectivity index (χ1v) is 7.17. The van der Waals surface area contributed by atoms with Crippen molar-refractivity contribution in [2.24, 2.45) is 18.4 Å². The second kappa shape index (κ2) is 6.08. The summed E-state index contributed by atoms with van der Waals surface area (Å²) < 4.78 is 1.71. The van der Waals surface area contributed by atoms with E-state index in [1.165, 1.54) is 0 Å². The van der Waals surface area contributed by atoms with Crippen LogP contribution in [0.4, 0.5) is 0 Å². The summed E-state index contributed by atoms with van der Waals surface area (Å²) in [5.41, 5.74) is 1.88. The average molecular weight is 285 g/mol. The Kier molecular flexibility index (Phi) is 5.19. The first-order chi connectivity index (χ1) is 8.60. The normalized spacial score (nSPS) is 13.6. The Morgan fingerprint density at radius 1 is 1.42 bits per heavy atom. The van der Waals surface area contributed by atoms with Crippen molar-refractivity contribution >= 4 is 17.4 Å². The lowest BCUT2D eigenvalue weighted by molar-refractivity contribution is -0.119. The third kappa shape index (κ3) is 4.98. The maximum absolute atomic E-state index is 12.1. The summed E-state index contributed by atoms with van der Waals surface area (Å²) in [4.78, 5) is 12.1. The molecule has 0 saturated carbocycles. The molecule has 0 saturated heterocycles. The highest BCUT2D eigenvalue weighted by molar-refractivity contribution is 6.32. The molecule has 0 aliphatic rings. The second-order valence-electron chi connectivity index (χ2n) is 6.76. The molecule has 0 spiro atoms. The lowest BCUT2D eigenvalue weighted by Crippen LogP contribution is -2.16. The highest BCUT2D eigenvalue weighted by Crippen LogP contribution is 2.27. The van der Waals surface area contributed by atoms with Crippen molar-refractivity contribution in [3.63, 3.8) is 0 Å². The van der Waals surface area contributed by atoms with Gasteiger partial charge in [0.05, 0.1) is 16.4 Å². The summed E-state index contributed by atoms with van der Waals surface area (Å²) >= 11 is 6.17. The fourth-order valence-electron chi connectivity index (χ4n) is 2.64. The topological polar surface area (TPSA) is 34.9 Å². The number of ketones is 1. The molecular weight excluding hydrogens is 260 g/mol. The molecular formula is C15H25ClN2O. The van der Waals surface area contributed by atoms with Crippen LogP contribution in [-0.4, -0.2) is 15.6 Å². The van der Waals surface area contributed by atoms with E-state index in [0.29, 0.717) is 23.8 Å². The zero-order chi connectivity index (χ0) is 14.8.